The average molecular weight is 367 g/mol. The fraction of sp³-hybridized carbons (Fsp3) is 0.375. The molecule has 0 aromatic heterocycles. The summed E-state index contributed by atoms with van der Waals surface area (Å²) in [6, 6.07) is 3.68. The summed E-state index contributed by atoms with van der Waals surface area (Å²) in [6.45, 7) is 4.19. The van der Waals surface area contributed by atoms with Gasteiger partial charge in [0.1, 0.15) is 11.6 Å². The van der Waals surface area contributed by atoms with Crippen molar-refractivity contribution in [3.63, 3.8) is 0 Å². The number of carboxylic acids is 1. The maximum atomic E-state index is 11.9. The number of ether oxygens (including phenoxy) is 1. The third kappa shape index (κ3) is 6.77. The van der Waals surface area contributed by atoms with Crippen LogP contribution >= 0.6 is 0 Å². The molecule has 0 saturated heterocycles. The predicted molar refractivity (Wildman–Crippen MR) is 89.3 cm³/mol. The lowest BCUT2D eigenvalue weighted by Gasteiger charge is -2.22. The van der Waals surface area contributed by atoms with E-state index in [1.54, 1.807) is 20.8 Å². The Labute approximate surface area is 149 Å². The van der Waals surface area contributed by atoms with Crippen LogP contribution in [0.5, 0.6) is 0 Å². The van der Waals surface area contributed by atoms with Crippen molar-refractivity contribution in [1.82, 2.24) is 16.2 Å². The van der Waals surface area contributed by atoms with Gasteiger partial charge >= 0.3 is 12.1 Å². The SMILES string of the molecule is CC(C)(C)OC(=O)NC(CO)C(=O)NNC(=O)c1ccc(C(=O)O)cc1. The number of rotatable bonds is 5. The molecule has 0 spiro atoms. The minimum Gasteiger partial charge on any atom is -0.478 e. The van der Waals surface area contributed by atoms with E-state index in [1.165, 1.54) is 24.3 Å². The Morgan fingerprint density at radius 2 is 1.58 bits per heavy atom. The van der Waals surface area contributed by atoms with Gasteiger partial charge < -0.3 is 20.3 Å². The largest absolute Gasteiger partial charge is 0.478 e. The van der Waals surface area contributed by atoms with E-state index in [-0.39, 0.29) is 11.1 Å². The number of carbonyl (C=O) groups is 4. The smallest absolute Gasteiger partial charge is 0.408 e. The first-order valence-corrected chi connectivity index (χ1v) is 7.57. The summed E-state index contributed by atoms with van der Waals surface area (Å²) < 4.78 is 4.97. The van der Waals surface area contributed by atoms with Gasteiger partial charge in [0, 0.05) is 5.56 Å². The molecule has 5 N–H and O–H groups in total. The number of alkyl carbamates (subject to hydrolysis) is 1. The van der Waals surface area contributed by atoms with E-state index >= 15 is 0 Å². The van der Waals surface area contributed by atoms with Crippen LogP contribution in [0.3, 0.4) is 0 Å². The van der Waals surface area contributed by atoms with Gasteiger partial charge in [-0.05, 0) is 45.0 Å². The molecule has 26 heavy (non-hydrogen) atoms. The zero-order valence-corrected chi connectivity index (χ0v) is 14.5. The second kappa shape index (κ2) is 8.81. The molecule has 0 bridgehead atoms. The number of amides is 3. The van der Waals surface area contributed by atoms with Gasteiger partial charge in [0.05, 0.1) is 12.2 Å². The van der Waals surface area contributed by atoms with Crippen LogP contribution in [-0.4, -0.2) is 52.3 Å². The van der Waals surface area contributed by atoms with Gasteiger partial charge in [-0.2, -0.15) is 0 Å². The van der Waals surface area contributed by atoms with Gasteiger partial charge in [-0.3, -0.25) is 20.4 Å². The van der Waals surface area contributed by atoms with Crippen molar-refractivity contribution < 1.29 is 34.1 Å². The summed E-state index contributed by atoms with van der Waals surface area (Å²) in [5.74, 6) is -2.71. The highest BCUT2D eigenvalue weighted by atomic mass is 16.6. The van der Waals surface area contributed by atoms with Crippen molar-refractivity contribution in [1.29, 1.82) is 0 Å². The molecular weight excluding hydrogens is 346 g/mol. The first-order chi connectivity index (χ1) is 12.0. The number of hydrogen-bond acceptors (Lipinski definition) is 6. The molecule has 3 amide bonds. The lowest BCUT2D eigenvalue weighted by atomic mass is 10.1. The number of aliphatic hydroxyl groups is 1. The van der Waals surface area contributed by atoms with Crippen molar-refractivity contribution in [2.75, 3.05) is 6.61 Å². The third-order valence-electron chi connectivity index (χ3n) is 2.88. The molecule has 0 heterocycles. The van der Waals surface area contributed by atoms with E-state index < -0.39 is 42.1 Å². The molecular formula is C16H21N3O7. The Kier molecular flexibility index (Phi) is 7.08. The molecule has 10 nitrogen and oxygen atoms in total. The molecule has 1 unspecified atom stereocenters. The number of benzene rings is 1. The van der Waals surface area contributed by atoms with Crippen molar-refractivity contribution in [3.8, 4) is 0 Å². The molecule has 0 aliphatic heterocycles. The highest BCUT2D eigenvalue weighted by Crippen LogP contribution is 2.07. The maximum Gasteiger partial charge on any atom is 0.408 e. The summed E-state index contributed by atoms with van der Waals surface area (Å²) in [4.78, 5) is 46.2. The van der Waals surface area contributed by atoms with E-state index in [2.05, 4.69) is 16.2 Å². The first-order valence-electron chi connectivity index (χ1n) is 7.57. The zero-order valence-electron chi connectivity index (χ0n) is 14.5. The van der Waals surface area contributed by atoms with Gasteiger partial charge in [-0.1, -0.05) is 0 Å². The summed E-state index contributed by atoms with van der Waals surface area (Å²) >= 11 is 0. The fourth-order valence-corrected chi connectivity index (χ4v) is 1.69. The van der Waals surface area contributed by atoms with Crippen LogP contribution in [0, 0.1) is 0 Å². The average Bonchev–Trinajstić information content (AvgIpc) is 2.55. The fourth-order valence-electron chi connectivity index (χ4n) is 1.69. The van der Waals surface area contributed by atoms with Crippen LogP contribution < -0.4 is 16.2 Å². The van der Waals surface area contributed by atoms with E-state index in [0.717, 1.165) is 0 Å². The summed E-state index contributed by atoms with van der Waals surface area (Å²) in [5, 5.41) is 20.2. The number of nitrogens with one attached hydrogen (secondary N) is 3. The van der Waals surface area contributed by atoms with Crippen molar-refractivity contribution >= 4 is 23.9 Å². The van der Waals surface area contributed by atoms with E-state index in [4.69, 9.17) is 9.84 Å². The summed E-state index contributed by atoms with van der Waals surface area (Å²) in [7, 11) is 0. The van der Waals surface area contributed by atoms with E-state index in [9.17, 15) is 24.3 Å². The maximum absolute atomic E-state index is 11.9. The van der Waals surface area contributed by atoms with Gasteiger partial charge in [0.15, 0.2) is 0 Å². The number of hydrazine groups is 1. The Morgan fingerprint density at radius 1 is 1.04 bits per heavy atom. The van der Waals surface area contributed by atoms with Crippen LogP contribution in [0.1, 0.15) is 41.5 Å². The number of hydrogen-bond donors (Lipinski definition) is 5. The molecule has 0 saturated carbocycles. The monoisotopic (exact) mass is 367 g/mol. The first kappa shape index (κ1) is 20.9. The van der Waals surface area contributed by atoms with Gasteiger partial charge in [0.25, 0.3) is 11.8 Å². The number of carbonyl (C=O) groups excluding carboxylic acids is 3. The number of aromatic carboxylic acids is 1. The molecule has 1 aromatic carbocycles. The van der Waals surface area contributed by atoms with Crippen LogP contribution in [-0.2, 0) is 9.53 Å². The van der Waals surface area contributed by atoms with Crippen molar-refractivity contribution in [2.45, 2.75) is 32.4 Å². The van der Waals surface area contributed by atoms with E-state index in [1.807, 2.05) is 0 Å². The highest BCUT2D eigenvalue weighted by Gasteiger charge is 2.24. The molecule has 10 heteroatoms. The van der Waals surface area contributed by atoms with E-state index in [0.29, 0.717) is 0 Å². The molecule has 0 fully saturated rings. The van der Waals surface area contributed by atoms with Crippen molar-refractivity contribution in [2.24, 2.45) is 0 Å². The second-order valence-electron chi connectivity index (χ2n) is 6.21. The standard InChI is InChI=1S/C16H21N3O7/c1-16(2,3)26-15(25)17-11(8-20)13(22)19-18-12(21)9-4-6-10(7-5-9)14(23)24/h4-7,11,20H,8H2,1-3H3,(H,17,25)(H,18,21)(H,19,22)(H,23,24). The van der Waals surface area contributed by atoms with Crippen LogP contribution in [0.4, 0.5) is 4.79 Å². The highest BCUT2D eigenvalue weighted by molar-refractivity contribution is 5.97. The van der Waals surface area contributed by atoms with Crippen LogP contribution in [0.2, 0.25) is 0 Å². The topological polar surface area (TPSA) is 154 Å². The minimum absolute atomic E-state index is 0.00694. The Bertz CT molecular complexity index is 680. The molecule has 0 radical (unpaired) electrons. The van der Waals surface area contributed by atoms with Crippen LogP contribution in [0.25, 0.3) is 0 Å². The summed E-state index contributed by atoms with van der Waals surface area (Å²) in [5.41, 5.74) is 3.48. The molecule has 142 valence electrons. The Balaban J connectivity index is 2.58. The molecule has 0 aliphatic rings. The third-order valence-corrected chi connectivity index (χ3v) is 2.88. The zero-order chi connectivity index (χ0) is 19.9. The lowest BCUT2D eigenvalue weighted by molar-refractivity contribution is -0.124. The molecule has 1 aromatic rings. The van der Waals surface area contributed by atoms with Gasteiger partial charge in [-0.25, -0.2) is 9.59 Å². The Hall–Kier alpha value is -3.14. The molecule has 1 atom stereocenters. The second-order valence-corrected chi connectivity index (χ2v) is 6.21. The number of carboxylic acid groups (broad SMARTS) is 1. The lowest BCUT2D eigenvalue weighted by Crippen LogP contribution is -2.54. The van der Waals surface area contributed by atoms with Crippen molar-refractivity contribution in [3.05, 3.63) is 35.4 Å². The van der Waals surface area contributed by atoms with Gasteiger partial charge in [0.2, 0.25) is 0 Å². The Morgan fingerprint density at radius 3 is 2.04 bits per heavy atom. The van der Waals surface area contributed by atoms with Crippen LogP contribution in [0.15, 0.2) is 24.3 Å². The normalized spacial score (nSPS) is 11.8. The number of aliphatic hydroxyl groups excluding tert-OH is 1. The quantitative estimate of drug-likeness (QED) is 0.460. The minimum atomic E-state index is -1.33. The predicted octanol–water partition coefficient (Wildman–Crippen LogP) is 0.0314. The molecule has 1 rings (SSSR count). The van der Waals surface area contributed by atoms with Gasteiger partial charge in [-0.15, -0.1) is 0 Å². The summed E-state index contributed by atoms with van der Waals surface area (Å²) in [6.07, 6.45) is -0.901. The molecule has 0 aliphatic carbocycles.